The van der Waals surface area contributed by atoms with Crippen molar-refractivity contribution in [1.82, 2.24) is 9.78 Å². The highest BCUT2D eigenvalue weighted by Gasteiger charge is 2.07. The van der Waals surface area contributed by atoms with Crippen LogP contribution in [0.15, 0.2) is 42.7 Å². The number of aromatic nitrogens is 2. The minimum atomic E-state index is -0.00282. The molecule has 17 heavy (non-hydrogen) atoms. The van der Waals surface area contributed by atoms with E-state index in [1.807, 2.05) is 49.5 Å². The quantitative estimate of drug-likeness (QED) is 0.754. The predicted molar refractivity (Wildman–Crippen MR) is 68.3 cm³/mol. The zero-order chi connectivity index (χ0) is 12.3. The fraction of sp³-hybridized carbons (Fsp3) is 0.143. The van der Waals surface area contributed by atoms with Crippen molar-refractivity contribution in [3.8, 4) is 0 Å². The average molecular weight is 226 g/mol. The Kier molecular flexibility index (Phi) is 3.19. The Morgan fingerprint density at radius 1 is 1.29 bits per heavy atom. The summed E-state index contributed by atoms with van der Waals surface area (Å²) in [5.41, 5.74) is 2.60. The molecule has 1 aromatic carbocycles. The maximum Gasteiger partial charge on any atom is 0.178 e. The summed E-state index contributed by atoms with van der Waals surface area (Å²) in [7, 11) is 0. The van der Waals surface area contributed by atoms with E-state index in [0.717, 1.165) is 11.1 Å². The second kappa shape index (κ2) is 4.78. The van der Waals surface area contributed by atoms with Gasteiger partial charge in [-0.25, -0.2) is 4.68 Å². The SMILES string of the molecule is CC(=O)/C(=C/c1ccccc1)n1cc(C)cn1. The number of hydrogen-bond acceptors (Lipinski definition) is 2. The third-order valence-electron chi connectivity index (χ3n) is 2.42. The molecule has 0 aliphatic heterocycles. The van der Waals surface area contributed by atoms with E-state index in [1.54, 1.807) is 17.8 Å². The molecule has 1 heterocycles. The van der Waals surface area contributed by atoms with Gasteiger partial charge in [-0.3, -0.25) is 4.79 Å². The van der Waals surface area contributed by atoms with Gasteiger partial charge < -0.3 is 0 Å². The Labute approximate surface area is 100 Å². The zero-order valence-corrected chi connectivity index (χ0v) is 9.92. The van der Waals surface area contributed by atoms with Gasteiger partial charge in [0.05, 0.1) is 6.20 Å². The van der Waals surface area contributed by atoms with Gasteiger partial charge in [0, 0.05) is 13.1 Å². The van der Waals surface area contributed by atoms with Crippen LogP contribution in [0.5, 0.6) is 0 Å². The number of Topliss-reactive ketones (excluding diaryl/α,β-unsaturated/α-hetero) is 1. The predicted octanol–water partition coefficient (Wildman–Crippen LogP) is 2.78. The van der Waals surface area contributed by atoms with Gasteiger partial charge in [0.2, 0.25) is 0 Å². The van der Waals surface area contributed by atoms with Gasteiger partial charge >= 0.3 is 0 Å². The van der Waals surface area contributed by atoms with Crippen LogP contribution in [0.1, 0.15) is 18.1 Å². The van der Waals surface area contributed by atoms with E-state index in [2.05, 4.69) is 5.10 Å². The number of carbonyl (C=O) groups excluding carboxylic acids is 1. The summed E-state index contributed by atoms with van der Waals surface area (Å²) in [5.74, 6) is -0.00282. The topological polar surface area (TPSA) is 34.9 Å². The Bertz CT molecular complexity index is 553. The van der Waals surface area contributed by atoms with Crippen LogP contribution in [0, 0.1) is 6.92 Å². The lowest BCUT2D eigenvalue weighted by atomic mass is 10.1. The Hall–Kier alpha value is -2.16. The van der Waals surface area contributed by atoms with Crippen LogP contribution in [0.25, 0.3) is 11.8 Å². The normalized spacial score (nSPS) is 11.5. The lowest BCUT2D eigenvalue weighted by Crippen LogP contribution is -2.05. The van der Waals surface area contributed by atoms with E-state index in [0.29, 0.717) is 5.70 Å². The van der Waals surface area contributed by atoms with Crippen molar-refractivity contribution in [2.75, 3.05) is 0 Å². The molecule has 0 bridgehead atoms. The number of allylic oxidation sites excluding steroid dienone is 1. The summed E-state index contributed by atoms with van der Waals surface area (Å²) in [5, 5.41) is 4.16. The van der Waals surface area contributed by atoms with Crippen molar-refractivity contribution in [2.24, 2.45) is 0 Å². The first-order chi connectivity index (χ1) is 8.16. The van der Waals surface area contributed by atoms with Crippen LogP contribution in [0.4, 0.5) is 0 Å². The minimum Gasteiger partial charge on any atom is -0.293 e. The summed E-state index contributed by atoms with van der Waals surface area (Å²) >= 11 is 0. The van der Waals surface area contributed by atoms with Crippen molar-refractivity contribution < 1.29 is 4.79 Å². The van der Waals surface area contributed by atoms with Gasteiger partial charge in [-0.1, -0.05) is 30.3 Å². The summed E-state index contributed by atoms with van der Waals surface area (Å²) in [6.07, 6.45) is 5.42. The highest BCUT2D eigenvalue weighted by molar-refractivity contribution is 6.18. The van der Waals surface area contributed by atoms with Gasteiger partial charge in [0.15, 0.2) is 5.78 Å². The molecule has 0 saturated heterocycles. The van der Waals surface area contributed by atoms with Gasteiger partial charge in [-0.2, -0.15) is 5.10 Å². The van der Waals surface area contributed by atoms with Crippen LogP contribution in [-0.4, -0.2) is 15.6 Å². The molecule has 3 nitrogen and oxygen atoms in total. The lowest BCUT2D eigenvalue weighted by molar-refractivity contribution is -0.112. The van der Waals surface area contributed by atoms with E-state index in [1.165, 1.54) is 0 Å². The van der Waals surface area contributed by atoms with Crippen molar-refractivity contribution in [3.63, 3.8) is 0 Å². The van der Waals surface area contributed by atoms with Crippen molar-refractivity contribution in [1.29, 1.82) is 0 Å². The maximum absolute atomic E-state index is 11.6. The number of nitrogens with zero attached hydrogens (tertiary/aromatic N) is 2. The molecule has 0 fully saturated rings. The monoisotopic (exact) mass is 226 g/mol. The Balaban J connectivity index is 2.43. The standard InChI is InChI=1S/C14H14N2O/c1-11-9-15-16(10-11)14(12(2)17)8-13-6-4-3-5-7-13/h3-10H,1-2H3/b14-8-. The van der Waals surface area contributed by atoms with Crippen LogP contribution in [0.2, 0.25) is 0 Å². The van der Waals surface area contributed by atoms with E-state index >= 15 is 0 Å². The van der Waals surface area contributed by atoms with E-state index < -0.39 is 0 Å². The molecule has 0 aliphatic rings. The first-order valence-corrected chi connectivity index (χ1v) is 5.46. The van der Waals surface area contributed by atoms with Crippen LogP contribution >= 0.6 is 0 Å². The molecule has 2 rings (SSSR count). The second-order valence-corrected chi connectivity index (χ2v) is 3.96. The van der Waals surface area contributed by atoms with Crippen molar-refractivity contribution in [3.05, 3.63) is 53.9 Å². The first-order valence-electron chi connectivity index (χ1n) is 5.46. The second-order valence-electron chi connectivity index (χ2n) is 3.96. The zero-order valence-electron chi connectivity index (χ0n) is 9.92. The molecule has 0 atom stereocenters. The highest BCUT2D eigenvalue weighted by atomic mass is 16.1. The molecule has 2 aromatic rings. The molecule has 86 valence electrons. The van der Waals surface area contributed by atoms with E-state index in [-0.39, 0.29) is 5.78 Å². The number of ketones is 1. The fourth-order valence-electron chi connectivity index (χ4n) is 1.58. The van der Waals surface area contributed by atoms with Gasteiger partial charge in [0.1, 0.15) is 5.70 Å². The Morgan fingerprint density at radius 3 is 2.53 bits per heavy atom. The van der Waals surface area contributed by atoms with Crippen LogP contribution < -0.4 is 0 Å². The van der Waals surface area contributed by atoms with E-state index in [4.69, 9.17) is 0 Å². The molecular formula is C14H14N2O. The number of hydrogen-bond donors (Lipinski definition) is 0. The molecule has 0 N–H and O–H groups in total. The molecular weight excluding hydrogens is 212 g/mol. The molecule has 0 spiro atoms. The smallest absolute Gasteiger partial charge is 0.178 e. The number of aryl methyl sites for hydroxylation is 1. The Morgan fingerprint density at radius 2 is 2.00 bits per heavy atom. The molecule has 0 saturated carbocycles. The highest BCUT2D eigenvalue weighted by Crippen LogP contribution is 2.12. The van der Waals surface area contributed by atoms with Gasteiger partial charge in [-0.05, 0) is 24.1 Å². The molecule has 1 aromatic heterocycles. The van der Waals surface area contributed by atoms with Crippen LogP contribution in [0.3, 0.4) is 0 Å². The largest absolute Gasteiger partial charge is 0.293 e. The van der Waals surface area contributed by atoms with Crippen molar-refractivity contribution in [2.45, 2.75) is 13.8 Å². The summed E-state index contributed by atoms with van der Waals surface area (Å²) in [6.45, 7) is 3.50. The maximum atomic E-state index is 11.6. The van der Waals surface area contributed by atoms with E-state index in [9.17, 15) is 4.79 Å². The number of rotatable bonds is 3. The summed E-state index contributed by atoms with van der Waals surface area (Å²) in [4.78, 5) is 11.6. The number of carbonyl (C=O) groups is 1. The molecule has 0 radical (unpaired) electrons. The van der Waals surface area contributed by atoms with Crippen molar-refractivity contribution >= 4 is 17.6 Å². The third kappa shape index (κ3) is 2.69. The summed E-state index contributed by atoms with van der Waals surface area (Å²) < 4.78 is 1.62. The first kappa shape index (κ1) is 11.3. The molecule has 3 heteroatoms. The average Bonchev–Trinajstić information content (AvgIpc) is 2.73. The minimum absolute atomic E-state index is 0.00282. The lowest BCUT2D eigenvalue weighted by Gasteiger charge is -2.03. The number of benzene rings is 1. The summed E-state index contributed by atoms with van der Waals surface area (Å²) in [6, 6.07) is 9.75. The molecule has 0 amide bonds. The fourth-order valence-corrected chi connectivity index (χ4v) is 1.58. The molecule has 0 unspecified atom stereocenters. The van der Waals surface area contributed by atoms with Gasteiger partial charge in [0.25, 0.3) is 0 Å². The third-order valence-corrected chi connectivity index (χ3v) is 2.42. The van der Waals surface area contributed by atoms with Gasteiger partial charge in [-0.15, -0.1) is 0 Å². The van der Waals surface area contributed by atoms with Crippen LogP contribution in [-0.2, 0) is 4.79 Å². The molecule has 0 aliphatic carbocycles.